The van der Waals surface area contributed by atoms with Crippen LogP contribution in [0.5, 0.6) is 0 Å². The fourth-order valence-electron chi connectivity index (χ4n) is 0.772. The molecule has 0 fully saturated rings. The fraction of sp³-hybridized carbons (Fsp3) is 0.333. The lowest BCUT2D eigenvalue weighted by Gasteiger charge is -2.04. The molecule has 11 heavy (non-hydrogen) atoms. The highest BCUT2D eigenvalue weighted by molar-refractivity contribution is 5.25. The highest BCUT2D eigenvalue weighted by Crippen LogP contribution is 1.93. The molecule has 0 atom stereocenters. The van der Waals surface area contributed by atoms with Crippen molar-refractivity contribution in [2.24, 2.45) is 0 Å². The average molecular weight is 155 g/mol. The number of nitrogen functional groups attached to an aromatic ring is 1. The van der Waals surface area contributed by atoms with Crippen molar-refractivity contribution in [3.8, 4) is 0 Å². The van der Waals surface area contributed by atoms with Crippen molar-refractivity contribution in [3.63, 3.8) is 0 Å². The van der Waals surface area contributed by atoms with E-state index in [1.807, 2.05) is 0 Å². The van der Waals surface area contributed by atoms with Crippen LogP contribution in [-0.4, -0.2) is 21.3 Å². The van der Waals surface area contributed by atoms with E-state index in [9.17, 15) is 4.79 Å². The second-order valence-electron chi connectivity index (χ2n) is 2.03. The molecule has 60 valence electrons. The van der Waals surface area contributed by atoms with Crippen LogP contribution in [-0.2, 0) is 6.54 Å². The van der Waals surface area contributed by atoms with Gasteiger partial charge < -0.3 is 10.8 Å². The fourth-order valence-corrected chi connectivity index (χ4v) is 0.772. The first-order valence-corrected chi connectivity index (χ1v) is 3.18. The van der Waals surface area contributed by atoms with Gasteiger partial charge in [-0.05, 0) is 6.07 Å². The highest BCUT2D eigenvalue weighted by atomic mass is 16.3. The standard InChI is InChI=1S/C6H9N3O2/c7-5-1-2-8-6(11)9(5)3-4-10/h1-2,10H,3-4,7H2. The number of anilines is 1. The Morgan fingerprint density at radius 2 is 2.45 bits per heavy atom. The number of rotatable bonds is 2. The van der Waals surface area contributed by atoms with Crippen molar-refractivity contribution < 1.29 is 5.11 Å². The van der Waals surface area contributed by atoms with Gasteiger partial charge in [0.15, 0.2) is 0 Å². The normalized spacial score (nSPS) is 9.91. The van der Waals surface area contributed by atoms with Gasteiger partial charge in [-0.25, -0.2) is 9.78 Å². The monoisotopic (exact) mass is 155 g/mol. The molecular weight excluding hydrogens is 146 g/mol. The quantitative estimate of drug-likeness (QED) is 0.563. The summed E-state index contributed by atoms with van der Waals surface area (Å²) in [5, 5.41) is 8.53. The number of hydrogen-bond acceptors (Lipinski definition) is 4. The Labute approximate surface area is 63.1 Å². The molecule has 0 aromatic carbocycles. The van der Waals surface area contributed by atoms with E-state index in [0.717, 1.165) is 0 Å². The van der Waals surface area contributed by atoms with Crippen molar-refractivity contribution in [2.45, 2.75) is 6.54 Å². The maximum absolute atomic E-state index is 10.9. The van der Waals surface area contributed by atoms with Gasteiger partial charge in [0.05, 0.1) is 13.2 Å². The van der Waals surface area contributed by atoms with Gasteiger partial charge in [-0.2, -0.15) is 0 Å². The molecule has 0 radical (unpaired) electrons. The van der Waals surface area contributed by atoms with Crippen molar-refractivity contribution in [2.75, 3.05) is 12.3 Å². The summed E-state index contributed by atoms with van der Waals surface area (Å²) in [4.78, 5) is 14.4. The highest BCUT2D eigenvalue weighted by Gasteiger charge is 1.97. The Balaban J connectivity index is 3.10. The van der Waals surface area contributed by atoms with E-state index < -0.39 is 5.69 Å². The maximum Gasteiger partial charge on any atom is 0.349 e. The van der Waals surface area contributed by atoms with Gasteiger partial charge in [0.2, 0.25) is 0 Å². The topological polar surface area (TPSA) is 81.1 Å². The molecule has 0 saturated carbocycles. The predicted molar refractivity (Wildman–Crippen MR) is 40.0 cm³/mol. The molecular formula is C6H9N3O2. The van der Waals surface area contributed by atoms with E-state index in [1.165, 1.54) is 16.8 Å². The smallest absolute Gasteiger partial charge is 0.349 e. The third kappa shape index (κ3) is 1.56. The number of aromatic nitrogens is 2. The zero-order chi connectivity index (χ0) is 8.27. The maximum atomic E-state index is 10.9. The number of aliphatic hydroxyl groups is 1. The van der Waals surface area contributed by atoms with E-state index >= 15 is 0 Å². The van der Waals surface area contributed by atoms with Crippen LogP contribution < -0.4 is 11.4 Å². The summed E-state index contributed by atoms with van der Waals surface area (Å²) in [5.74, 6) is 0.319. The number of aliphatic hydroxyl groups excluding tert-OH is 1. The van der Waals surface area contributed by atoms with Crippen LogP contribution in [0.15, 0.2) is 17.1 Å². The molecule has 1 heterocycles. The van der Waals surface area contributed by atoms with Crippen LogP contribution in [0.2, 0.25) is 0 Å². The summed E-state index contributed by atoms with van der Waals surface area (Å²) in [7, 11) is 0. The van der Waals surface area contributed by atoms with Crippen molar-refractivity contribution in [1.29, 1.82) is 0 Å². The van der Waals surface area contributed by atoms with E-state index in [0.29, 0.717) is 5.82 Å². The lowest BCUT2D eigenvalue weighted by Crippen LogP contribution is -2.25. The molecule has 5 heteroatoms. The van der Waals surface area contributed by atoms with Crippen LogP contribution in [0.1, 0.15) is 0 Å². The third-order valence-corrected chi connectivity index (χ3v) is 1.30. The molecule has 0 aliphatic heterocycles. The number of nitrogens with zero attached hydrogens (tertiary/aromatic N) is 2. The first-order chi connectivity index (χ1) is 5.25. The van der Waals surface area contributed by atoms with Crippen LogP contribution in [0.25, 0.3) is 0 Å². The van der Waals surface area contributed by atoms with Crippen LogP contribution in [0.4, 0.5) is 5.82 Å². The summed E-state index contributed by atoms with van der Waals surface area (Å²) in [6.07, 6.45) is 1.34. The van der Waals surface area contributed by atoms with Crippen molar-refractivity contribution >= 4 is 5.82 Å². The molecule has 1 rings (SSSR count). The van der Waals surface area contributed by atoms with Gasteiger partial charge in [0.1, 0.15) is 5.82 Å². The summed E-state index contributed by atoms with van der Waals surface area (Å²) in [6.45, 7) is 0.0777. The molecule has 1 aromatic rings. The van der Waals surface area contributed by atoms with E-state index in [1.54, 1.807) is 0 Å². The van der Waals surface area contributed by atoms with Crippen molar-refractivity contribution in [3.05, 3.63) is 22.7 Å². The van der Waals surface area contributed by atoms with Gasteiger partial charge in [-0.15, -0.1) is 0 Å². The van der Waals surface area contributed by atoms with Crippen molar-refractivity contribution in [1.82, 2.24) is 9.55 Å². The minimum absolute atomic E-state index is 0.115. The lowest BCUT2D eigenvalue weighted by molar-refractivity contribution is 0.274. The summed E-state index contributed by atoms with van der Waals surface area (Å²) in [5.41, 5.74) is 4.99. The molecule has 0 bridgehead atoms. The minimum atomic E-state index is -0.431. The second kappa shape index (κ2) is 3.16. The molecule has 0 unspecified atom stereocenters. The van der Waals surface area contributed by atoms with Crippen LogP contribution in [0, 0.1) is 0 Å². The summed E-state index contributed by atoms with van der Waals surface area (Å²) < 4.78 is 1.21. The molecule has 0 spiro atoms. The molecule has 0 amide bonds. The Morgan fingerprint density at radius 3 is 3.00 bits per heavy atom. The van der Waals surface area contributed by atoms with E-state index in [4.69, 9.17) is 10.8 Å². The van der Waals surface area contributed by atoms with Gasteiger partial charge in [-0.1, -0.05) is 0 Å². The minimum Gasteiger partial charge on any atom is -0.395 e. The third-order valence-electron chi connectivity index (χ3n) is 1.30. The van der Waals surface area contributed by atoms with Gasteiger partial charge in [0, 0.05) is 6.20 Å². The molecule has 0 aliphatic carbocycles. The van der Waals surface area contributed by atoms with Gasteiger partial charge in [-0.3, -0.25) is 4.57 Å². The SMILES string of the molecule is Nc1ccnc(=O)n1CCO. The Kier molecular flexibility index (Phi) is 2.22. The summed E-state index contributed by atoms with van der Waals surface area (Å²) >= 11 is 0. The number of hydrogen-bond donors (Lipinski definition) is 2. The summed E-state index contributed by atoms with van der Waals surface area (Å²) in [6, 6.07) is 1.51. The zero-order valence-electron chi connectivity index (χ0n) is 5.90. The van der Waals surface area contributed by atoms with Gasteiger partial charge >= 0.3 is 5.69 Å². The largest absolute Gasteiger partial charge is 0.395 e. The molecule has 1 aromatic heterocycles. The number of nitrogens with two attached hydrogens (primary N) is 1. The van der Waals surface area contributed by atoms with E-state index in [2.05, 4.69) is 4.98 Å². The molecule has 0 aliphatic rings. The van der Waals surface area contributed by atoms with Gasteiger partial charge in [0.25, 0.3) is 0 Å². The molecule has 0 saturated heterocycles. The first-order valence-electron chi connectivity index (χ1n) is 3.18. The Hall–Kier alpha value is -1.36. The van der Waals surface area contributed by atoms with Crippen LogP contribution >= 0.6 is 0 Å². The lowest BCUT2D eigenvalue weighted by atomic mass is 10.5. The molecule has 3 N–H and O–H groups in total. The predicted octanol–water partition coefficient (Wildman–Crippen LogP) is -1.18. The van der Waals surface area contributed by atoms with E-state index in [-0.39, 0.29) is 13.2 Å². The average Bonchev–Trinajstić information content (AvgIpc) is 1.97. The first kappa shape index (κ1) is 7.74. The molecule has 5 nitrogen and oxygen atoms in total. The Bertz CT molecular complexity index is 294. The Morgan fingerprint density at radius 1 is 1.73 bits per heavy atom. The zero-order valence-corrected chi connectivity index (χ0v) is 5.90. The van der Waals surface area contributed by atoms with Crippen LogP contribution in [0.3, 0.4) is 0 Å². The second-order valence-corrected chi connectivity index (χ2v) is 2.03.